The third-order valence-electron chi connectivity index (χ3n) is 2.62. The van der Waals surface area contributed by atoms with Crippen molar-refractivity contribution in [1.82, 2.24) is 14.8 Å². The number of benzene rings is 1. The summed E-state index contributed by atoms with van der Waals surface area (Å²) in [5.41, 5.74) is 0.584. The molecule has 0 fully saturated rings. The maximum Gasteiger partial charge on any atom is 0.191 e. The van der Waals surface area contributed by atoms with E-state index >= 15 is 0 Å². The molecule has 1 aromatic carbocycles. The number of ketones is 1. The highest BCUT2D eigenvalue weighted by atomic mass is 32.2. The minimum absolute atomic E-state index is 0.00306. The molecule has 19 heavy (non-hydrogen) atoms. The van der Waals surface area contributed by atoms with Crippen LogP contribution in [0.3, 0.4) is 0 Å². The molecule has 0 amide bonds. The number of rotatable bonds is 5. The van der Waals surface area contributed by atoms with E-state index in [0.717, 1.165) is 5.16 Å². The number of nitrogens with zero attached hydrogens (tertiary/aromatic N) is 3. The Morgan fingerprint density at radius 2 is 2.05 bits per heavy atom. The number of hydrogen-bond acceptors (Lipinski definition) is 5. The van der Waals surface area contributed by atoms with Gasteiger partial charge >= 0.3 is 0 Å². The van der Waals surface area contributed by atoms with Crippen molar-refractivity contribution in [2.75, 3.05) is 5.75 Å². The number of aromatic hydroxyl groups is 1. The highest BCUT2D eigenvalue weighted by Gasteiger charge is 2.11. The monoisotopic (exact) mass is 277 g/mol. The molecule has 1 heterocycles. The minimum atomic E-state index is 0.00306. The van der Waals surface area contributed by atoms with Crippen molar-refractivity contribution < 1.29 is 9.90 Å². The largest absolute Gasteiger partial charge is 0.508 e. The highest BCUT2D eigenvalue weighted by Crippen LogP contribution is 2.20. The van der Waals surface area contributed by atoms with Crippen LogP contribution in [0.2, 0.25) is 0 Å². The van der Waals surface area contributed by atoms with Crippen LogP contribution in [0, 0.1) is 0 Å². The first-order chi connectivity index (χ1) is 9.08. The molecule has 0 atom stereocenters. The Morgan fingerprint density at radius 1 is 1.37 bits per heavy atom. The van der Waals surface area contributed by atoms with Crippen LogP contribution >= 0.6 is 11.8 Å². The lowest BCUT2D eigenvalue weighted by molar-refractivity contribution is 0.102. The molecule has 0 unspecified atom stereocenters. The van der Waals surface area contributed by atoms with Gasteiger partial charge in [0.1, 0.15) is 12.1 Å². The first-order valence-corrected chi connectivity index (χ1v) is 6.91. The lowest BCUT2D eigenvalue weighted by Gasteiger charge is -2.08. The Morgan fingerprint density at radius 3 is 2.68 bits per heavy atom. The molecule has 2 rings (SSSR count). The van der Waals surface area contributed by atoms with Crippen molar-refractivity contribution in [3.63, 3.8) is 0 Å². The molecule has 0 aliphatic heterocycles. The van der Waals surface area contributed by atoms with Crippen LogP contribution in [0.1, 0.15) is 30.2 Å². The Labute approximate surface area is 115 Å². The van der Waals surface area contributed by atoms with Gasteiger partial charge < -0.3 is 9.67 Å². The molecule has 0 bridgehead atoms. The normalized spacial score (nSPS) is 10.9. The van der Waals surface area contributed by atoms with Crippen LogP contribution in [0.5, 0.6) is 5.75 Å². The van der Waals surface area contributed by atoms with Crippen molar-refractivity contribution in [3.05, 3.63) is 36.2 Å². The molecule has 1 N–H and O–H groups in total. The van der Waals surface area contributed by atoms with Gasteiger partial charge in [-0.1, -0.05) is 11.8 Å². The van der Waals surface area contributed by atoms with E-state index in [1.807, 2.05) is 18.4 Å². The molecule has 5 nitrogen and oxygen atoms in total. The quantitative estimate of drug-likeness (QED) is 0.672. The van der Waals surface area contributed by atoms with Gasteiger partial charge in [-0.25, -0.2) is 0 Å². The Kier molecular flexibility index (Phi) is 4.21. The second kappa shape index (κ2) is 5.88. The second-order valence-corrected chi connectivity index (χ2v) is 5.32. The van der Waals surface area contributed by atoms with Gasteiger partial charge in [0.05, 0.1) is 5.75 Å². The van der Waals surface area contributed by atoms with E-state index in [0.29, 0.717) is 11.3 Å². The molecular weight excluding hydrogens is 262 g/mol. The van der Waals surface area contributed by atoms with E-state index in [4.69, 9.17) is 0 Å². The summed E-state index contributed by atoms with van der Waals surface area (Å²) in [6.45, 7) is 4.07. The van der Waals surface area contributed by atoms with Gasteiger partial charge in [0.2, 0.25) is 0 Å². The van der Waals surface area contributed by atoms with Crippen molar-refractivity contribution >= 4 is 17.5 Å². The molecule has 0 aliphatic rings. The SMILES string of the molecule is CC(C)n1cnnc1SCC(=O)c1ccc(O)cc1. The number of phenols is 1. The smallest absolute Gasteiger partial charge is 0.191 e. The maximum atomic E-state index is 12.0. The fourth-order valence-corrected chi connectivity index (χ4v) is 2.49. The molecule has 0 saturated carbocycles. The third kappa shape index (κ3) is 3.35. The standard InChI is InChI=1S/C13H15N3O2S/c1-9(2)16-8-14-15-13(16)19-7-12(18)10-3-5-11(17)6-4-10/h3-6,8-9,17H,7H2,1-2H3. The zero-order valence-corrected chi connectivity index (χ0v) is 11.6. The molecule has 0 aliphatic carbocycles. The number of phenolic OH excluding ortho intramolecular Hbond substituents is 1. The fraction of sp³-hybridized carbons (Fsp3) is 0.308. The summed E-state index contributed by atoms with van der Waals surface area (Å²) >= 11 is 1.37. The van der Waals surface area contributed by atoms with E-state index in [9.17, 15) is 9.90 Å². The number of carbonyl (C=O) groups is 1. The Bertz CT molecular complexity index is 564. The first-order valence-electron chi connectivity index (χ1n) is 5.92. The van der Waals surface area contributed by atoms with Crippen molar-refractivity contribution in [2.45, 2.75) is 25.0 Å². The van der Waals surface area contributed by atoms with Gasteiger partial charge in [0.15, 0.2) is 10.9 Å². The van der Waals surface area contributed by atoms with Gasteiger partial charge in [-0.2, -0.15) is 0 Å². The van der Waals surface area contributed by atoms with Crippen LogP contribution in [-0.2, 0) is 0 Å². The number of thioether (sulfide) groups is 1. The molecule has 6 heteroatoms. The summed E-state index contributed by atoms with van der Waals surface area (Å²) in [6.07, 6.45) is 1.66. The van der Waals surface area contributed by atoms with Crippen LogP contribution in [-0.4, -0.2) is 31.4 Å². The number of aromatic nitrogens is 3. The van der Waals surface area contributed by atoms with E-state index in [1.54, 1.807) is 18.5 Å². The van der Waals surface area contributed by atoms with Crippen LogP contribution in [0.4, 0.5) is 0 Å². The summed E-state index contributed by atoms with van der Waals surface area (Å²) in [6, 6.07) is 6.51. The van der Waals surface area contributed by atoms with Crippen molar-refractivity contribution in [1.29, 1.82) is 0 Å². The molecular formula is C13H15N3O2S. The van der Waals surface area contributed by atoms with Crippen LogP contribution in [0.25, 0.3) is 0 Å². The van der Waals surface area contributed by atoms with E-state index in [1.165, 1.54) is 23.9 Å². The molecule has 0 radical (unpaired) electrons. The molecule has 0 saturated heterocycles. The van der Waals surface area contributed by atoms with Gasteiger partial charge in [-0.05, 0) is 38.1 Å². The predicted octanol–water partition coefficient (Wildman–Crippen LogP) is 2.54. The molecule has 100 valence electrons. The van der Waals surface area contributed by atoms with Gasteiger partial charge in [0, 0.05) is 11.6 Å². The number of carbonyl (C=O) groups excluding carboxylic acids is 1. The zero-order chi connectivity index (χ0) is 13.8. The van der Waals surface area contributed by atoms with Crippen LogP contribution in [0.15, 0.2) is 35.7 Å². The van der Waals surface area contributed by atoms with Crippen molar-refractivity contribution in [3.8, 4) is 5.75 Å². The van der Waals surface area contributed by atoms with Crippen molar-refractivity contribution in [2.24, 2.45) is 0 Å². The average molecular weight is 277 g/mol. The molecule has 1 aromatic heterocycles. The predicted molar refractivity (Wildman–Crippen MR) is 73.6 cm³/mol. The summed E-state index contributed by atoms with van der Waals surface area (Å²) in [7, 11) is 0. The summed E-state index contributed by atoms with van der Waals surface area (Å²) in [5, 5.41) is 17.8. The number of Topliss-reactive ketones (excluding diaryl/α,β-unsaturated/α-hetero) is 1. The highest BCUT2D eigenvalue weighted by molar-refractivity contribution is 7.99. The fourth-order valence-electron chi connectivity index (χ4n) is 1.55. The molecule has 2 aromatic rings. The van der Waals surface area contributed by atoms with E-state index in [-0.39, 0.29) is 17.6 Å². The zero-order valence-electron chi connectivity index (χ0n) is 10.8. The maximum absolute atomic E-state index is 12.0. The van der Waals surface area contributed by atoms with Gasteiger partial charge in [-0.3, -0.25) is 4.79 Å². The summed E-state index contributed by atoms with van der Waals surface area (Å²) < 4.78 is 1.93. The lowest BCUT2D eigenvalue weighted by Crippen LogP contribution is -2.05. The summed E-state index contributed by atoms with van der Waals surface area (Å²) in [5.74, 6) is 0.461. The van der Waals surface area contributed by atoms with Crippen LogP contribution < -0.4 is 0 Å². The van der Waals surface area contributed by atoms with Gasteiger partial charge in [-0.15, -0.1) is 10.2 Å². The van der Waals surface area contributed by atoms with E-state index in [2.05, 4.69) is 10.2 Å². The first kappa shape index (κ1) is 13.6. The minimum Gasteiger partial charge on any atom is -0.508 e. The Hall–Kier alpha value is -1.82. The molecule has 0 spiro atoms. The lowest BCUT2D eigenvalue weighted by atomic mass is 10.1. The van der Waals surface area contributed by atoms with Gasteiger partial charge in [0.25, 0.3) is 0 Å². The third-order valence-corrected chi connectivity index (χ3v) is 3.58. The Balaban J connectivity index is 2.00. The topological polar surface area (TPSA) is 68.0 Å². The second-order valence-electron chi connectivity index (χ2n) is 4.37. The number of hydrogen-bond donors (Lipinski definition) is 1. The van der Waals surface area contributed by atoms with E-state index < -0.39 is 0 Å². The average Bonchev–Trinajstić information content (AvgIpc) is 2.85. The summed E-state index contributed by atoms with van der Waals surface area (Å²) in [4.78, 5) is 12.0.